The van der Waals surface area contributed by atoms with Gasteiger partial charge in [0.2, 0.25) is 5.91 Å². The van der Waals surface area contributed by atoms with Gasteiger partial charge < -0.3 is 20.6 Å². The molecular weight excluding hydrogens is 341 g/mol. The first kappa shape index (κ1) is 18.0. The van der Waals surface area contributed by atoms with E-state index in [9.17, 15) is 14.7 Å². The minimum absolute atomic E-state index is 0.156. The number of hydrogen-bond donors (Lipinski definition) is 2. The van der Waals surface area contributed by atoms with Crippen molar-refractivity contribution in [2.24, 2.45) is 5.73 Å². The molecule has 0 aromatic heterocycles. The molecule has 2 rings (SSSR count). The highest BCUT2D eigenvalue weighted by molar-refractivity contribution is 6.30. The molecule has 1 heterocycles. The lowest BCUT2D eigenvalue weighted by Gasteiger charge is -2.29. The summed E-state index contributed by atoms with van der Waals surface area (Å²) >= 11 is 11.4. The van der Waals surface area contributed by atoms with Crippen LogP contribution in [0, 0.1) is 0 Å². The average molecular weight is 360 g/mol. The summed E-state index contributed by atoms with van der Waals surface area (Å²) in [6, 6.07) is 6.03. The first-order valence-electron chi connectivity index (χ1n) is 7.26. The van der Waals surface area contributed by atoms with Gasteiger partial charge in [-0.15, -0.1) is 11.6 Å². The molecule has 6 nitrogen and oxygen atoms in total. The third-order valence-corrected chi connectivity index (χ3v) is 4.32. The van der Waals surface area contributed by atoms with Crippen LogP contribution in [0.3, 0.4) is 0 Å². The van der Waals surface area contributed by atoms with Crippen molar-refractivity contribution in [2.45, 2.75) is 12.1 Å². The second-order valence-electron chi connectivity index (χ2n) is 5.36. The SMILES string of the molecule is NCCN(C(=O)CCl)[C@@H]1CN(C(=O)c2ccc(Cl)cc2)C[C@H]1O. The van der Waals surface area contributed by atoms with Crippen LogP contribution in [-0.4, -0.2) is 70.9 Å². The summed E-state index contributed by atoms with van der Waals surface area (Å²) in [5.74, 6) is -0.704. The summed E-state index contributed by atoms with van der Waals surface area (Å²) in [6.07, 6.45) is -0.829. The number of amides is 2. The van der Waals surface area contributed by atoms with Gasteiger partial charge in [-0.05, 0) is 24.3 Å². The Kier molecular flexibility index (Phi) is 6.24. The molecule has 2 amide bonds. The van der Waals surface area contributed by atoms with E-state index in [2.05, 4.69) is 0 Å². The summed E-state index contributed by atoms with van der Waals surface area (Å²) < 4.78 is 0. The third-order valence-electron chi connectivity index (χ3n) is 3.84. The number of carbonyl (C=O) groups excluding carboxylic acids is 2. The minimum atomic E-state index is -0.829. The predicted molar refractivity (Wildman–Crippen MR) is 88.6 cm³/mol. The largest absolute Gasteiger partial charge is 0.389 e. The molecule has 1 aliphatic rings. The molecule has 1 aliphatic heterocycles. The van der Waals surface area contributed by atoms with E-state index in [0.29, 0.717) is 10.6 Å². The molecule has 0 saturated carbocycles. The number of benzene rings is 1. The number of alkyl halides is 1. The quantitative estimate of drug-likeness (QED) is 0.751. The van der Waals surface area contributed by atoms with E-state index in [0.717, 1.165) is 0 Å². The van der Waals surface area contributed by atoms with Gasteiger partial charge in [-0.3, -0.25) is 9.59 Å². The van der Waals surface area contributed by atoms with Gasteiger partial charge in [-0.2, -0.15) is 0 Å². The van der Waals surface area contributed by atoms with Crippen molar-refractivity contribution in [3.05, 3.63) is 34.9 Å². The minimum Gasteiger partial charge on any atom is -0.389 e. The van der Waals surface area contributed by atoms with Crippen molar-refractivity contribution in [1.29, 1.82) is 0 Å². The summed E-state index contributed by atoms with van der Waals surface area (Å²) in [7, 11) is 0. The molecule has 8 heteroatoms. The van der Waals surface area contributed by atoms with E-state index < -0.39 is 12.1 Å². The Morgan fingerprint density at radius 2 is 1.96 bits per heavy atom. The number of nitrogens with zero attached hydrogens (tertiary/aromatic N) is 2. The van der Waals surface area contributed by atoms with Crippen LogP contribution in [0.15, 0.2) is 24.3 Å². The number of aliphatic hydroxyl groups excluding tert-OH is 1. The van der Waals surface area contributed by atoms with Gasteiger partial charge >= 0.3 is 0 Å². The Morgan fingerprint density at radius 3 is 2.52 bits per heavy atom. The molecule has 1 aromatic rings. The summed E-state index contributed by atoms with van der Waals surface area (Å²) in [6.45, 7) is 0.946. The van der Waals surface area contributed by atoms with Crippen LogP contribution in [0.5, 0.6) is 0 Å². The fraction of sp³-hybridized carbons (Fsp3) is 0.467. The molecule has 0 radical (unpaired) electrons. The third kappa shape index (κ3) is 4.14. The Bertz CT molecular complexity index is 568. The first-order valence-corrected chi connectivity index (χ1v) is 8.17. The number of likely N-dealkylation sites (tertiary alicyclic amines) is 1. The highest BCUT2D eigenvalue weighted by atomic mass is 35.5. The number of β-amino-alcohol motifs (C(OH)–C–C–N with tert-alkyl or cyclic N) is 1. The highest BCUT2D eigenvalue weighted by Gasteiger charge is 2.39. The highest BCUT2D eigenvalue weighted by Crippen LogP contribution is 2.20. The molecule has 0 bridgehead atoms. The van der Waals surface area contributed by atoms with E-state index in [1.165, 1.54) is 9.80 Å². The van der Waals surface area contributed by atoms with Crippen LogP contribution in [0.4, 0.5) is 0 Å². The smallest absolute Gasteiger partial charge is 0.254 e. The monoisotopic (exact) mass is 359 g/mol. The topological polar surface area (TPSA) is 86.9 Å². The maximum atomic E-state index is 12.5. The summed E-state index contributed by atoms with van der Waals surface area (Å²) in [5.41, 5.74) is 6.01. The van der Waals surface area contributed by atoms with Gasteiger partial charge in [0.25, 0.3) is 5.91 Å². The zero-order valence-electron chi connectivity index (χ0n) is 12.5. The molecule has 0 unspecified atom stereocenters. The van der Waals surface area contributed by atoms with Crippen LogP contribution in [0.1, 0.15) is 10.4 Å². The van der Waals surface area contributed by atoms with Gasteiger partial charge in [-0.1, -0.05) is 11.6 Å². The number of hydrogen-bond acceptors (Lipinski definition) is 4. The number of rotatable bonds is 5. The number of aliphatic hydroxyl groups is 1. The second kappa shape index (κ2) is 7.97. The fourth-order valence-corrected chi connectivity index (χ4v) is 2.99. The van der Waals surface area contributed by atoms with E-state index >= 15 is 0 Å². The molecular formula is C15H19Cl2N3O3. The zero-order valence-corrected chi connectivity index (χ0v) is 14.0. The number of carbonyl (C=O) groups is 2. The molecule has 2 atom stereocenters. The molecule has 1 fully saturated rings. The van der Waals surface area contributed by atoms with E-state index in [1.807, 2.05) is 0 Å². The Hall–Kier alpha value is -1.34. The summed E-state index contributed by atoms with van der Waals surface area (Å²) in [5, 5.41) is 10.8. The van der Waals surface area contributed by atoms with Crippen molar-refractivity contribution >= 4 is 35.0 Å². The van der Waals surface area contributed by atoms with E-state index in [4.69, 9.17) is 28.9 Å². The lowest BCUT2D eigenvalue weighted by Crippen LogP contribution is -2.49. The van der Waals surface area contributed by atoms with Crippen LogP contribution in [0.25, 0.3) is 0 Å². The van der Waals surface area contributed by atoms with Crippen molar-refractivity contribution in [2.75, 3.05) is 32.1 Å². The van der Waals surface area contributed by atoms with Crippen LogP contribution in [0.2, 0.25) is 5.02 Å². The van der Waals surface area contributed by atoms with Crippen molar-refractivity contribution in [3.63, 3.8) is 0 Å². The average Bonchev–Trinajstić information content (AvgIpc) is 2.93. The summed E-state index contributed by atoms with van der Waals surface area (Å²) in [4.78, 5) is 27.4. The number of halogens is 2. The van der Waals surface area contributed by atoms with Gasteiger partial charge in [-0.25, -0.2) is 0 Å². The Balaban J connectivity index is 2.11. The molecule has 23 heavy (non-hydrogen) atoms. The number of nitrogens with two attached hydrogens (primary N) is 1. The molecule has 0 aliphatic carbocycles. The molecule has 0 spiro atoms. The first-order chi connectivity index (χ1) is 11.0. The predicted octanol–water partition coefficient (Wildman–Crippen LogP) is 0.551. The van der Waals surface area contributed by atoms with E-state index in [1.54, 1.807) is 24.3 Å². The van der Waals surface area contributed by atoms with E-state index in [-0.39, 0.29) is 43.9 Å². The van der Waals surface area contributed by atoms with Crippen LogP contribution in [-0.2, 0) is 4.79 Å². The van der Waals surface area contributed by atoms with Gasteiger partial charge in [0.1, 0.15) is 5.88 Å². The van der Waals surface area contributed by atoms with Gasteiger partial charge in [0, 0.05) is 36.8 Å². The Morgan fingerprint density at radius 1 is 1.30 bits per heavy atom. The van der Waals surface area contributed by atoms with Crippen molar-refractivity contribution in [3.8, 4) is 0 Å². The molecule has 1 aromatic carbocycles. The molecule has 126 valence electrons. The standard InChI is InChI=1S/C15H19Cl2N3O3/c16-7-14(22)20(6-5-18)12-8-19(9-13(12)21)15(23)10-1-3-11(17)4-2-10/h1-4,12-13,21H,5-9,18H2/t12-,13-/m1/s1. The lowest BCUT2D eigenvalue weighted by molar-refractivity contribution is -0.132. The fourth-order valence-electron chi connectivity index (χ4n) is 2.71. The normalized spacial score (nSPS) is 20.6. The second-order valence-corrected chi connectivity index (χ2v) is 6.06. The molecule has 3 N–H and O–H groups in total. The Labute approximate surface area is 144 Å². The molecule has 1 saturated heterocycles. The zero-order chi connectivity index (χ0) is 17.0. The van der Waals surface area contributed by atoms with Gasteiger partial charge in [0.05, 0.1) is 12.1 Å². The van der Waals surface area contributed by atoms with Gasteiger partial charge in [0.15, 0.2) is 0 Å². The maximum absolute atomic E-state index is 12.5. The van der Waals surface area contributed by atoms with Crippen LogP contribution >= 0.6 is 23.2 Å². The van der Waals surface area contributed by atoms with Crippen molar-refractivity contribution in [1.82, 2.24) is 9.80 Å². The van der Waals surface area contributed by atoms with Crippen LogP contribution < -0.4 is 5.73 Å². The maximum Gasteiger partial charge on any atom is 0.254 e. The van der Waals surface area contributed by atoms with Crippen molar-refractivity contribution < 1.29 is 14.7 Å². The lowest BCUT2D eigenvalue weighted by atomic mass is 10.2.